The van der Waals surface area contributed by atoms with E-state index in [9.17, 15) is 0 Å². The Morgan fingerprint density at radius 3 is 1.51 bits per heavy atom. The van der Waals surface area contributed by atoms with Crippen molar-refractivity contribution in [1.29, 1.82) is 0 Å². The van der Waals surface area contributed by atoms with E-state index in [0.29, 0.717) is 0 Å². The first-order valence-corrected chi connectivity index (χ1v) is 12.4. The molecule has 2 heteroatoms. The Morgan fingerprint density at radius 2 is 0.971 bits per heavy atom. The SMILES string of the molecule is Cc1ccccc1/C=N/C(Cc1ccccc1C)C(Cc1ccccc1C)/N=C/c1ccccc1. The Hall–Kier alpha value is -3.78. The molecule has 0 N–H and O–H groups in total. The summed E-state index contributed by atoms with van der Waals surface area (Å²) in [5.74, 6) is 0. The molecular weight excluding hydrogens is 424 g/mol. The number of rotatable bonds is 9. The van der Waals surface area contributed by atoms with Gasteiger partial charge in [-0.05, 0) is 72.6 Å². The zero-order valence-electron chi connectivity index (χ0n) is 20.9. The molecule has 0 aromatic heterocycles. The average Bonchev–Trinajstić information content (AvgIpc) is 2.88. The van der Waals surface area contributed by atoms with Crippen molar-refractivity contribution in [1.82, 2.24) is 0 Å². The van der Waals surface area contributed by atoms with E-state index in [0.717, 1.165) is 24.0 Å². The summed E-state index contributed by atoms with van der Waals surface area (Å²) in [7, 11) is 0. The van der Waals surface area contributed by atoms with Crippen LogP contribution in [0.2, 0.25) is 0 Å². The van der Waals surface area contributed by atoms with Gasteiger partial charge in [0.1, 0.15) is 0 Å². The number of hydrogen-bond donors (Lipinski definition) is 0. The third-order valence-electron chi connectivity index (χ3n) is 6.63. The van der Waals surface area contributed by atoms with Gasteiger partial charge in [-0.15, -0.1) is 0 Å². The van der Waals surface area contributed by atoms with Gasteiger partial charge in [0.2, 0.25) is 0 Å². The molecule has 0 radical (unpaired) electrons. The molecule has 176 valence electrons. The normalized spacial score (nSPS) is 13.3. The fraction of sp³-hybridized carbons (Fsp3) is 0.212. The third kappa shape index (κ3) is 6.86. The fourth-order valence-corrected chi connectivity index (χ4v) is 4.33. The van der Waals surface area contributed by atoms with Crippen molar-refractivity contribution in [3.05, 3.63) is 142 Å². The summed E-state index contributed by atoms with van der Waals surface area (Å²) in [6.45, 7) is 6.50. The maximum absolute atomic E-state index is 5.19. The molecular formula is C33H34N2. The topological polar surface area (TPSA) is 24.7 Å². The van der Waals surface area contributed by atoms with Crippen molar-refractivity contribution in [2.24, 2.45) is 9.98 Å². The van der Waals surface area contributed by atoms with Gasteiger partial charge in [-0.2, -0.15) is 0 Å². The highest BCUT2D eigenvalue weighted by Crippen LogP contribution is 2.21. The molecule has 0 aliphatic carbocycles. The van der Waals surface area contributed by atoms with Gasteiger partial charge in [-0.1, -0.05) is 103 Å². The van der Waals surface area contributed by atoms with Crippen LogP contribution in [0.1, 0.15) is 38.9 Å². The zero-order chi connectivity index (χ0) is 24.5. The first-order chi connectivity index (χ1) is 17.1. The Kier molecular flexibility index (Phi) is 8.40. The molecule has 0 fully saturated rings. The minimum Gasteiger partial charge on any atom is -0.287 e. The molecule has 0 amide bonds. The van der Waals surface area contributed by atoms with Gasteiger partial charge in [0.05, 0.1) is 12.1 Å². The molecule has 4 aromatic carbocycles. The van der Waals surface area contributed by atoms with E-state index in [-0.39, 0.29) is 12.1 Å². The monoisotopic (exact) mass is 458 g/mol. The molecule has 4 rings (SSSR count). The summed E-state index contributed by atoms with van der Waals surface area (Å²) >= 11 is 0. The summed E-state index contributed by atoms with van der Waals surface area (Å²) in [6.07, 6.45) is 5.74. The summed E-state index contributed by atoms with van der Waals surface area (Å²) < 4.78 is 0. The van der Waals surface area contributed by atoms with Gasteiger partial charge in [-0.3, -0.25) is 9.98 Å². The summed E-state index contributed by atoms with van der Waals surface area (Å²) in [4.78, 5) is 10.3. The molecule has 0 bridgehead atoms. The van der Waals surface area contributed by atoms with Crippen molar-refractivity contribution in [3.63, 3.8) is 0 Å². The number of aryl methyl sites for hydroxylation is 3. The Morgan fingerprint density at radius 1 is 0.514 bits per heavy atom. The van der Waals surface area contributed by atoms with Crippen LogP contribution >= 0.6 is 0 Å². The lowest BCUT2D eigenvalue weighted by Crippen LogP contribution is -2.28. The Labute approximate surface area is 210 Å². The molecule has 2 atom stereocenters. The van der Waals surface area contributed by atoms with E-state index < -0.39 is 0 Å². The second-order valence-corrected chi connectivity index (χ2v) is 9.22. The molecule has 0 heterocycles. The highest BCUT2D eigenvalue weighted by atomic mass is 14.9. The minimum absolute atomic E-state index is 0.00951. The summed E-state index contributed by atoms with van der Waals surface area (Å²) in [6, 6.07) is 36.0. The van der Waals surface area contributed by atoms with Crippen LogP contribution in [0, 0.1) is 20.8 Å². The smallest absolute Gasteiger partial charge is 0.0766 e. The highest BCUT2D eigenvalue weighted by molar-refractivity contribution is 5.82. The Balaban J connectivity index is 1.73. The molecule has 0 saturated heterocycles. The van der Waals surface area contributed by atoms with E-state index >= 15 is 0 Å². The van der Waals surface area contributed by atoms with Crippen LogP contribution in [0.3, 0.4) is 0 Å². The van der Waals surface area contributed by atoms with Crippen molar-refractivity contribution >= 4 is 12.4 Å². The lowest BCUT2D eigenvalue weighted by molar-refractivity contribution is 0.526. The van der Waals surface area contributed by atoms with Crippen molar-refractivity contribution in [3.8, 4) is 0 Å². The standard InChI is InChI=1S/C33H34N2/c1-25-13-7-10-18-29(25)21-32(34-23-28-16-5-4-6-17-28)33(22-30-19-11-8-14-26(30)2)35-24-31-20-12-9-15-27(31)3/h4-20,23-24,32-33H,21-22H2,1-3H3/b34-23+,35-24+. The molecule has 0 saturated carbocycles. The van der Waals surface area contributed by atoms with Crippen LogP contribution < -0.4 is 0 Å². The van der Waals surface area contributed by atoms with Crippen molar-refractivity contribution in [2.45, 2.75) is 45.7 Å². The van der Waals surface area contributed by atoms with E-state index in [4.69, 9.17) is 9.98 Å². The lowest BCUT2D eigenvalue weighted by atomic mass is 9.91. The zero-order valence-corrected chi connectivity index (χ0v) is 20.9. The number of nitrogens with zero attached hydrogens (tertiary/aromatic N) is 2. The Bertz CT molecular complexity index is 1290. The van der Waals surface area contributed by atoms with Crippen LogP contribution in [0.4, 0.5) is 0 Å². The molecule has 2 unspecified atom stereocenters. The average molecular weight is 459 g/mol. The first-order valence-electron chi connectivity index (χ1n) is 12.4. The largest absolute Gasteiger partial charge is 0.287 e. The molecule has 0 aliphatic rings. The number of hydrogen-bond acceptors (Lipinski definition) is 2. The van der Waals surface area contributed by atoms with E-state index in [1.54, 1.807) is 0 Å². The molecule has 35 heavy (non-hydrogen) atoms. The van der Waals surface area contributed by atoms with Gasteiger partial charge < -0.3 is 0 Å². The first kappa shape index (κ1) is 24.3. The third-order valence-corrected chi connectivity index (χ3v) is 6.63. The van der Waals surface area contributed by atoms with Crippen LogP contribution in [0.15, 0.2) is 113 Å². The maximum Gasteiger partial charge on any atom is 0.0766 e. The highest BCUT2D eigenvalue weighted by Gasteiger charge is 2.22. The predicted molar refractivity (Wildman–Crippen MR) is 150 cm³/mol. The quantitative estimate of drug-likeness (QED) is 0.234. The van der Waals surface area contributed by atoms with Gasteiger partial charge >= 0.3 is 0 Å². The summed E-state index contributed by atoms with van der Waals surface area (Å²) in [5.41, 5.74) is 8.74. The molecule has 2 nitrogen and oxygen atoms in total. The second-order valence-electron chi connectivity index (χ2n) is 9.22. The fourth-order valence-electron chi connectivity index (χ4n) is 4.33. The molecule has 4 aromatic rings. The second kappa shape index (κ2) is 12.1. The number of benzene rings is 4. The molecule has 0 spiro atoms. The predicted octanol–water partition coefficient (Wildman–Crippen LogP) is 7.37. The van der Waals surface area contributed by atoms with E-state index in [1.165, 1.54) is 27.8 Å². The van der Waals surface area contributed by atoms with Crippen LogP contribution in [-0.4, -0.2) is 24.5 Å². The maximum atomic E-state index is 5.19. The van der Waals surface area contributed by atoms with E-state index in [2.05, 4.69) is 118 Å². The minimum atomic E-state index is 0.00951. The van der Waals surface area contributed by atoms with E-state index in [1.807, 2.05) is 18.5 Å². The summed E-state index contributed by atoms with van der Waals surface area (Å²) in [5, 5.41) is 0. The van der Waals surface area contributed by atoms with Gasteiger partial charge in [0, 0.05) is 12.4 Å². The van der Waals surface area contributed by atoms with Crippen LogP contribution in [0.25, 0.3) is 0 Å². The van der Waals surface area contributed by atoms with Gasteiger partial charge in [-0.25, -0.2) is 0 Å². The van der Waals surface area contributed by atoms with Gasteiger partial charge in [0.25, 0.3) is 0 Å². The number of aliphatic imine (C=N–C) groups is 2. The van der Waals surface area contributed by atoms with Crippen LogP contribution in [-0.2, 0) is 12.8 Å². The lowest BCUT2D eigenvalue weighted by Gasteiger charge is -2.23. The van der Waals surface area contributed by atoms with Crippen LogP contribution in [0.5, 0.6) is 0 Å². The van der Waals surface area contributed by atoms with Crippen molar-refractivity contribution < 1.29 is 0 Å². The van der Waals surface area contributed by atoms with Crippen molar-refractivity contribution in [2.75, 3.05) is 0 Å². The molecule has 0 aliphatic heterocycles. The van der Waals surface area contributed by atoms with Gasteiger partial charge in [0.15, 0.2) is 0 Å².